The lowest BCUT2D eigenvalue weighted by Crippen LogP contribution is -2.46. The lowest BCUT2D eigenvalue weighted by Gasteiger charge is -2.35. The number of nitrogens with zero attached hydrogens (tertiary/aromatic N) is 7. The summed E-state index contributed by atoms with van der Waals surface area (Å²) < 4.78 is 28.9. The second-order valence-electron chi connectivity index (χ2n) is 9.64. The molecular weight excluding hydrogens is 514 g/mol. The zero-order valence-corrected chi connectivity index (χ0v) is 22.1. The summed E-state index contributed by atoms with van der Waals surface area (Å²) in [5, 5.41) is 14.0. The number of aliphatic hydroxyl groups excluding tert-OH is 1. The van der Waals surface area contributed by atoms with Crippen LogP contribution in [0.1, 0.15) is 17.7 Å². The van der Waals surface area contributed by atoms with E-state index in [0.717, 1.165) is 62.3 Å². The molecule has 0 radical (unpaired) electrons. The average Bonchev–Trinajstić information content (AvgIpc) is 3.50. The molecule has 2 aliphatic rings. The monoisotopic (exact) mass is 546 g/mol. The van der Waals surface area contributed by atoms with E-state index in [0.29, 0.717) is 24.6 Å². The van der Waals surface area contributed by atoms with Crippen molar-refractivity contribution < 1.29 is 13.9 Å². The Bertz CT molecular complexity index is 1260. The topological polar surface area (TPSA) is 99.6 Å². The average molecular weight is 547 g/mol. The van der Waals surface area contributed by atoms with Crippen molar-refractivity contribution in [2.75, 3.05) is 68.0 Å². The summed E-state index contributed by atoms with van der Waals surface area (Å²) in [6.45, 7) is 7.50. The van der Waals surface area contributed by atoms with Crippen LogP contribution in [0.15, 0.2) is 36.5 Å². The Kier molecular flexibility index (Phi) is 8.80. The van der Waals surface area contributed by atoms with Crippen molar-refractivity contribution in [3.63, 3.8) is 0 Å². The molecule has 3 aromatic rings. The molecule has 4 heterocycles. The number of hydrogen-bond donors (Lipinski definition) is 2. The SMILES string of the molecule is Cc1c(C=CCN2CCN(c3cc(F)cc(F)c3)CC2)cnn1-c1cc(N2CC[C@H](CO)C2)nc(N)n1.Cl. The Hall–Kier alpha value is -3.28. The lowest BCUT2D eigenvalue weighted by molar-refractivity contribution is 0.238. The maximum Gasteiger partial charge on any atom is 0.224 e. The highest BCUT2D eigenvalue weighted by molar-refractivity contribution is 5.85. The van der Waals surface area contributed by atoms with Gasteiger partial charge in [0.1, 0.15) is 17.5 Å². The number of rotatable bonds is 7. The molecule has 0 saturated carbocycles. The molecule has 2 aliphatic heterocycles. The predicted octanol–water partition coefficient (Wildman–Crippen LogP) is 2.91. The van der Waals surface area contributed by atoms with Crippen molar-refractivity contribution in [3.05, 3.63) is 59.4 Å². The van der Waals surface area contributed by atoms with Crippen molar-refractivity contribution in [1.29, 1.82) is 0 Å². The minimum absolute atomic E-state index is 0. The number of piperazine rings is 1. The summed E-state index contributed by atoms with van der Waals surface area (Å²) in [7, 11) is 0. The summed E-state index contributed by atoms with van der Waals surface area (Å²) in [6, 6.07) is 5.54. The standard InChI is InChI=1S/C26H32F2N8O.ClH/c1-18-20(3-2-5-33-7-9-34(10-8-33)23-12-21(27)11-22(28)13-23)15-30-36(18)25-14-24(31-26(29)32-25)35-6-4-19(16-35)17-37;/h2-3,11-15,19,37H,4-10,16-17H2,1H3,(H2,29,31,32);1H/t19-;/m0./s1. The predicted molar refractivity (Wildman–Crippen MR) is 147 cm³/mol. The fraction of sp³-hybridized carbons (Fsp3) is 0.423. The highest BCUT2D eigenvalue weighted by Crippen LogP contribution is 2.25. The lowest BCUT2D eigenvalue weighted by atomic mass is 10.1. The van der Waals surface area contributed by atoms with E-state index in [1.54, 1.807) is 10.9 Å². The van der Waals surface area contributed by atoms with Gasteiger partial charge in [0, 0.05) is 81.7 Å². The van der Waals surface area contributed by atoms with Gasteiger partial charge in [-0.1, -0.05) is 12.2 Å². The quantitative estimate of drug-likeness (QED) is 0.467. The molecule has 0 bridgehead atoms. The Morgan fingerprint density at radius 1 is 1.00 bits per heavy atom. The number of nitrogen functional groups attached to an aromatic ring is 1. The molecule has 2 aromatic heterocycles. The molecule has 0 unspecified atom stereocenters. The summed E-state index contributed by atoms with van der Waals surface area (Å²) in [4.78, 5) is 15.2. The Balaban J connectivity index is 0.00000336. The maximum absolute atomic E-state index is 13.6. The first-order valence-electron chi connectivity index (χ1n) is 12.5. The molecule has 1 atom stereocenters. The van der Waals surface area contributed by atoms with Crippen LogP contribution >= 0.6 is 12.4 Å². The van der Waals surface area contributed by atoms with Crippen molar-refractivity contribution in [1.82, 2.24) is 24.6 Å². The van der Waals surface area contributed by atoms with E-state index in [2.05, 4.69) is 30.9 Å². The Morgan fingerprint density at radius 2 is 1.71 bits per heavy atom. The van der Waals surface area contributed by atoms with Crippen LogP contribution in [-0.4, -0.2) is 82.2 Å². The van der Waals surface area contributed by atoms with E-state index in [1.165, 1.54) is 12.1 Å². The van der Waals surface area contributed by atoms with Gasteiger partial charge >= 0.3 is 0 Å². The zero-order chi connectivity index (χ0) is 25.9. The molecule has 1 aromatic carbocycles. The van der Waals surface area contributed by atoms with Crippen molar-refractivity contribution in [3.8, 4) is 5.82 Å². The van der Waals surface area contributed by atoms with Crippen LogP contribution < -0.4 is 15.5 Å². The van der Waals surface area contributed by atoms with Gasteiger partial charge in [-0.05, 0) is 25.5 Å². The molecule has 38 heavy (non-hydrogen) atoms. The van der Waals surface area contributed by atoms with Crippen LogP contribution in [0.5, 0.6) is 0 Å². The van der Waals surface area contributed by atoms with E-state index >= 15 is 0 Å². The van der Waals surface area contributed by atoms with Crippen LogP contribution in [0.3, 0.4) is 0 Å². The smallest absolute Gasteiger partial charge is 0.224 e. The molecule has 12 heteroatoms. The molecule has 0 amide bonds. The first kappa shape index (κ1) is 27.7. The van der Waals surface area contributed by atoms with Gasteiger partial charge in [0.25, 0.3) is 0 Å². The number of nitrogens with two attached hydrogens (primary N) is 1. The highest BCUT2D eigenvalue weighted by atomic mass is 35.5. The zero-order valence-electron chi connectivity index (χ0n) is 21.3. The first-order valence-corrected chi connectivity index (χ1v) is 12.5. The molecule has 2 saturated heterocycles. The third-order valence-corrected chi connectivity index (χ3v) is 7.09. The van der Waals surface area contributed by atoms with Gasteiger partial charge < -0.3 is 20.6 Å². The molecule has 2 fully saturated rings. The van der Waals surface area contributed by atoms with Crippen LogP contribution in [-0.2, 0) is 0 Å². The number of aromatic nitrogens is 4. The van der Waals surface area contributed by atoms with Gasteiger partial charge in [0.15, 0.2) is 5.82 Å². The van der Waals surface area contributed by atoms with E-state index in [-0.39, 0.29) is 30.9 Å². The molecular formula is C26H33ClF2N8O. The van der Waals surface area contributed by atoms with E-state index in [1.807, 2.05) is 24.0 Å². The molecule has 0 aliphatic carbocycles. The van der Waals surface area contributed by atoms with Gasteiger partial charge in [0.2, 0.25) is 5.95 Å². The normalized spacial score (nSPS) is 18.4. The number of aliphatic hydroxyl groups is 1. The van der Waals surface area contributed by atoms with Crippen LogP contribution in [0.25, 0.3) is 11.9 Å². The first-order chi connectivity index (χ1) is 17.9. The highest BCUT2D eigenvalue weighted by Gasteiger charge is 2.24. The fourth-order valence-corrected chi connectivity index (χ4v) is 4.96. The van der Waals surface area contributed by atoms with Crippen molar-refractivity contribution >= 4 is 35.9 Å². The molecule has 204 valence electrons. The molecule has 9 nitrogen and oxygen atoms in total. The summed E-state index contributed by atoms with van der Waals surface area (Å²) in [6.07, 6.45) is 6.87. The number of halogens is 3. The van der Waals surface area contributed by atoms with Crippen molar-refractivity contribution in [2.24, 2.45) is 5.92 Å². The number of hydrogen-bond acceptors (Lipinski definition) is 8. The van der Waals surface area contributed by atoms with E-state index in [9.17, 15) is 13.9 Å². The second kappa shape index (κ2) is 12.1. The summed E-state index contributed by atoms with van der Waals surface area (Å²) in [5.74, 6) is 0.678. The van der Waals surface area contributed by atoms with E-state index in [4.69, 9.17) is 5.73 Å². The fourth-order valence-electron chi connectivity index (χ4n) is 4.96. The van der Waals surface area contributed by atoms with E-state index < -0.39 is 11.6 Å². The Morgan fingerprint density at radius 3 is 2.39 bits per heavy atom. The minimum Gasteiger partial charge on any atom is -0.396 e. The van der Waals surface area contributed by atoms with Crippen LogP contribution in [0.2, 0.25) is 0 Å². The van der Waals surface area contributed by atoms with Gasteiger partial charge in [-0.25, -0.2) is 13.5 Å². The second-order valence-corrected chi connectivity index (χ2v) is 9.64. The summed E-state index contributed by atoms with van der Waals surface area (Å²) in [5.41, 5.74) is 8.52. The van der Waals surface area contributed by atoms with Gasteiger partial charge in [-0.15, -0.1) is 12.4 Å². The molecule has 5 rings (SSSR count). The molecule has 3 N–H and O–H groups in total. The Labute approximate surface area is 227 Å². The summed E-state index contributed by atoms with van der Waals surface area (Å²) >= 11 is 0. The largest absolute Gasteiger partial charge is 0.396 e. The van der Waals surface area contributed by atoms with Crippen LogP contribution in [0, 0.1) is 24.5 Å². The third-order valence-electron chi connectivity index (χ3n) is 7.09. The van der Waals surface area contributed by atoms with Crippen LogP contribution in [0.4, 0.5) is 26.2 Å². The van der Waals surface area contributed by atoms with Crippen molar-refractivity contribution in [2.45, 2.75) is 13.3 Å². The van der Waals surface area contributed by atoms with Gasteiger partial charge in [-0.3, -0.25) is 4.90 Å². The number of benzene rings is 1. The minimum atomic E-state index is -0.552. The van der Waals surface area contributed by atoms with Gasteiger partial charge in [-0.2, -0.15) is 15.1 Å². The third kappa shape index (κ3) is 6.23. The van der Waals surface area contributed by atoms with Gasteiger partial charge in [0.05, 0.1) is 11.9 Å². The molecule has 0 spiro atoms. The number of anilines is 3. The maximum atomic E-state index is 13.6.